The molecule has 4 nitrogen and oxygen atoms in total. The van der Waals surface area contributed by atoms with Crippen LogP contribution in [0.4, 0.5) is 0 Å². The first kappa shape index (κ1) is 13.1. The first-order chi connectivity index (χ1) is 9.62. The number of carbonyl (C=O) groups excluding carboxylic acids is 1. The lowest BCUT2D eigenvalue weighted by Crippen LogP contribution is -2.35. The Morgan fingerprint density at radius 1 is 1.35 bits per heavy atom. The summed E-state index contributed by atoms with van der Waals surface area (Å²) in [6.07, 6.45) is 4.78. The predicted molar refractivity (Wildman–Crippen MR) is 76.6 cm³/mol. The van der Waals surface area contributed by atoms with Crippen LogP contribution in [0.5, 0.6) is 0 Å². The average Bonchev–Trinajstić information content (AvgIpc) is 3.20. The van der Waals surface area contributed by atoms with Crippen LogP contribution in [-0.2, 0) is 5.54 Å². The number of hydrogen-bond donors (Lipinski definition) is 1. The number of rotatable bonds is 3. The molecule has 1 aromatic carbocycles. The highest BCUT2D eigenvalue weighted by atomic mass is 35.5. The van der Waals surface area contributed by atoms with Crippen LogP contribution in [0.3, 0.4) is 0 Å². The largest absolute Gasteiger partial charge is 0.342 e. The number of hydrogen-bond acceptors (Lipinski definition) is 3. The van der Waals surface area contributed by atoms with E-state index in [2.05, 4.69) is 15.3 Å². The van der Waals surface area contributed by atoms with Crippen molar-refractivity contribution in [3.8, 4) is 0 Å². The van der Waals surface area contributed by atoms with Crippen LogP contribution >= 0.6 is 11.6 Å². The minimum absolute atomic E-state index is 0.152. The van der Waals surface area contributed by atoms with Gasteiger partial charge in [0.2, 0.25) is 0 Å². The van der Waals surface area contributed by atoms with Gasteiger partial charge >= 0.3 is 0 Å². The Morgan fingerprint density at radius 2 is 2.10 bits per heavy atom. The van der Waals surface area contributed by atoms with Gasteiger partial charge in [-0.1, -0.05) is 29.8 Å². The lowest BCUT2D eigenvalue weighted by atomic mass is 10.0. The molecule has 1 N–H and O–H groups in total. The van der Waals surface area contributed by atoms with Crippen molar-refractivity contribution in [2.24, 2.45) is 0 Å². The maximum Gasteiger partial charge on any atom is 0.255 e. The number of aromatic nitrogens is 2. The van der Waals surface area contributed by atoms with E-state index in [1.165, 1.54) is 6.33 Å². The van der Waals surface area contributed by atoms with Crippen molar-refractivity contribution >= 4 is 17.5 Å². The Balaban J connectivity index is 1.87. The summed E-state index contributed by atoms with van der Waals surface area (Å²) in [5.74, 6) is -0.152. The molecule has 0 atom stereocenters. The summed E-state index contributed by atoms with van der Waals surface area (Å²) in [5.41, 5.74) is 1.82. The second-order valence-corrected chi connectivity index (χ2v) is 5.45. The molecule has 5 heteroatoms. The molecule has 1 saturated carbocycles. The number of halogens is 1. The van der Waals surface area contributed by atoms with Gasteiger partial charge < -0.3 is 5.32 Å². The number of benzene rings is 1. The number of nitrogens with zero attached hydrogens (tertiary/aromatic N) is 2. The quantitative estimate of drug-likeness (QED) is 0.944. The zero-order valence-electron chi connectivity index (χ0n) is 11.1. The molecule has 0 radical (unpaired) electrons. The van der Waals surface area contributed by atoms with Crippen molar-refractivity contribution in [2.45, 2.75) is 25.3 Å². The average molecular weight is 288 g/mol. The standard InChI is InChI=1S/C15H14ClN3O/c1-10-11(8-17-9-18-10)14(20)19-15(6-7-15)12-4-2-3-5-13(12)16/h2-5,8-9H,6-7H2,1H3,(H,19,20). The van der Waals surface area contributed by atoms with Gasteiger partial charge in [0.15, 0.2) is 0 Å². The molecule has 0 bridgehead atoms. The zero-order chi connectivity index (χ0) is 14.2. The molecule has 1 aliphatic rings. The Bertz CT molecular complexity index is 668. The highest BCUT2D eigenvalue weighted by Gasteiger charge is 2.47. The van der Waals surface area contributed by atoms with E-state index >= 15 is 0 Å². The van der Waals surface area contributed by atoms with Crippen LogP contribution < -0.4 is 5.32 Å². The molecule has 0 unspecified atom stereocenters. The van der Waals surface area contributed by atoms with E-state index in [-0.39, 0.29) is 11.4 Å². The van der Waals surface area contributed by atoms with Crippen LogP contribution in [0.15, 0.2) is 36.8 Å². The molecule has 0 aliphatic heterocycles. The smallest absolute Gasteiger partial charge is 0.255 e. The fraction of sp³-hybridized carbons (Fsp3) is 0.267. The molecule has 2 aromatic rings. The first-order valence-corrected chi connectivity index (χ1v) is 6.84. The van der Waals surface area contributed by atoms with Crippen LogP contribution in [0, 0.1) is 6.92 Å². The summed E-state index contributed by atoms with van der Waals surface area (Å²) in [7, 11) is 0. The summed E-state index contributed by atoms with van der Waals surface area (Å²) in [4.78, 5) is 20.3. The minimum atomic E-state index is -0.336. The third-order valence-corrected chi connectivity index (χ3v) is 3.98. The van der Waals surface area contributed by atoms with Crippen LogP contribution in [0.25, 0.3) is 0 Å². The Morgan fingerprint density at radius 3 is 2.75 bits per heavy atom. The van der Waals surface area contributed by atoms with Gasteiger partial charge in [0.1, 0.15) is 6.33 Å². The van der Waals surface area contributed by atoms with E-state index < -0.39 is 0 Å². The van der Waals surface area contributed by atoms with Gasteiger partial charge in [-0.2, -0.15) is 0 Å². The van der Waals surface area contributed by atoms with E-state index in [1.807, 2.05) is 24.3 Å². The van der Waals surface area contributed by atoms with Crippen molar-refractivity contribution in [3.05, 3.63) is 58.6 Å². The van der Waals surface area contributed by atoms with Gasteiger partial charge in [0.05, 0.1) is 16.8 Å². The van der Waals surface area contributed by atoms with Crippen molar-refractivity contribution in [1.29, 1.82) is 0 Å². The predicted octanol–water partition coefficient (Wildman–Crippen LogP) is 2.86. The highest BCUT2D eigenvalue weighted by molar-refractivity contribution is 6.31. The maximum absolute atomic E-state index is 12.4. The zero-order valence-corrected chi connectivity index (χ0v) is 11.8. The second kappa shape index (κ2) is 4.87. The summed E-state index contributed by atoms with van der Waals surface area (Å²) in [6.45, 7) is 1.80. The summed E-state index contributed by atoms with van der Waals surface area (Å²) < 4.78 is 0. The lowest BCUT2D eigenvalue weighted by Gasteiger charge is -2.19. The highest BCUT2D eigenvalue weighted by Crippen LogP contribution is 2.48. The number of carbonyl (C=O) groups is 1. The van der Waals surface area contributed by atoms with Crippen molar-refractivity contribution in [1.82, 2.24) is 15.3 Å². The van der Waals surface area contributed by atoms with Crippen molar-refractivity contribution in [2.75, 3.05) is 0 Å². The Kier molecular flexibility index (Phi) is 3.18. The summed E-state index contributed by atoms with van der Waals surface area (Å²) in [6, 6.07) is 7.63. The maximum atomic E-state index is 12.4. The van der Waals surface area contributed by atoms with E-state index in [9.17, 15) is 4.79 Å². The van der Waals surface area contributed by atoms with Crippen LogP contribution in [0.2, 0.25) is 5.02 Å². The second-order valence-electron chi connectivity index (χ2n) is 5.04. The lowest BCUT2D eigenvalue weighted by molar-refractivity contribution is 0.0929. The molecule has 1 aliphatic carbocycles. The molecular formula is C15H14ClN3O. The molecule has 1 heterocycles. The third kappa shape index (κ3) is 2.27. The van der Waals surface area contributed by atoms with Gasteiger partial charge in [-0.15, -0.1) is 0 Å². The normalized spacial score (nSPS) is 15.7. The molecular weight excluding hydrogens is 274 g/mol. The van der Waals surface area contributed by atoms with E-state index in [0.717, 1.165) is 18.4 Å². The summed E-state index contributed by atoms with van der Waals surface area (Å²) in [5, 5.41) is 3.76. The van der Waals surface area contributed by atoms with Gasteiger partial charge in [0.25, 0.3) is 5.91 Å². The fourth-order valence-corrected chi connectivity index (χ4v) is 2.65. The first-order valence-electron chi connectivity index (χ1n) is 6.46. The molecule has 1 amide bonds. The monoisotopic (exact) mass is 287 g/mol. The van der Waals surface area contributed by atoms with E-state index in [0.29, 0.717) is 16.3 Å². The van der Waals surface area contributed by atoms with Gasteiger partial charge in [-0.25, -0.2) is 9.97 Å². The Hall–Kier alpha value is -1.94. The molecule has 0 saturated heterocycles. The van der Waals surface area contributed by atoms with Crippen molar-refractivity contribution < 1.29 is 4.79 Å². The van der Waals surface area contributed by atoms with Crippen LogP contribution in [0.1, 0.15) is 34.5 Å². The minimum Gasteiger partial charge on any atom is -0.342 e. The topological polar surface area (TPSA) is 54.9 Å². The Labute approximate surface area is 122 Å². The SMILES string of the molecule is Cc1ncncc1C(=O)NC1(c2ccccc2Cl)CC1. The summed E-state index contributed by atoms with van der Waals surface area (Å²) >= 11 is 6.23. The molecule has 1 fully saturated rings. The molecule has 0 spiro atoms. The van der Waals surface area contributed by atoms with E-state index in [4.69, 9.17) is 11.6 Å². The number of amides is 1. The molecule has 1 aromatic heterocycles. The fourth-order valence-electron chi connectivity index (χ4n) is 2.33. The third-order valence-electron chi connectivity index (χ3n) is 3.65. The van der Waals surface area contributed by atoms with Crippen LogP contribution in [-0.4, -0.2) is 15.9 Å². The van der Waals surface area contributed by atoms with Gasteiger partial charge in [0, 0.05) is 11.2 Å². The number of nitrogens with one attached hydrogen (secondary N) is 1. The van der Waals surface area contributed by atoms with Gasteiger partial charge in [-0.05, 0) is 31.4 Å². The number of aryl methyl sites for hydroxylation is 1. The molecule has 102 valence electrons. The van der Waals surface area contributed by atoms with Gasteiger partial charge in [-0.3, -0.25) is 4.79 Å². The molecule has 20 heavy (non-hydrogen) atoms. The van der Waals surface area contributed by atoms with E-state index in [1.54, 1.807) is 13.1 Å². The molecule has 3 rings (SSSR count). The van der Waals surface area contributed by atoms with Crippen molar-refractivity contribution in [3.63, 3.8) is 0 Å².